The normalized spacial score (nSPS) is 10.7. The highest BCUT2D eigenvalue weighted by Crippen LogP contribution is 2.13. The number of pyridine rings is 1. The molecule has 0 spiro atoms. The van der Waals surface area contributed by atoms with Gasteiger partial charge >= 0.3 is 12.1 Å². The lowest BCUT2D eigenvalue weighted by molar-refractivity contribution is -0.192. The smallest absolute Gasteiger partial charge is 0.475 e. The van der Waals surface area contributed by atoms with E-state index in [4.69, 9.17) is 9.90 Å². The number of halogens is 3. The minimum absolute atomic E-state index is 0.887. The third-order valence-corrected chi connectivity index (χ3v) is 1.43. The van der Waals surface area contributed by atoms with Crippen LogP contribution in [0.25, 0.3) is 5.65 Å². The monoisotopic (exact) mass is 233 g/mol. The number of aliphatic carboxylic acids is 1. The molecule has 0 unspecified atom stereocenters. The maximum absolute atomic E-state index is 10.6. The SMILES string of the molecule is O=C(O)C(F)(F)F.c1ccn2ncnc2c1. The Balaban J connectivity index is 0.000000168. The molecule has 2 aromatic rings. The van der Waals surface area contributed by atoms with Crippen molar-refractivity contribution in [3.05, 3.63) is 30.7 Å². The summed E-state index contributed by atoms with van der Waals surface area (Å²) < 4.78 is 33.5. The van der Waals surface area contributed by atoms with E-state index in [2.05, 4.69) is 10.1 Å². The summed E-state index contributed by atoms with van der Waals surface area (Å²) in [6.45, 7) is 0. The van der Waals surface area contributed by atoms with Crippen molar-refractivity contribution in [3.63, 3.8) is 0 Å². The molecule has 2 rings (SSSR count). The number of carboxylic acids is 1. The van der Waals surface area contributed by atoms with Gasteiger partial charge in [0.15, 0.2) is 5.65 Å². The Morgan fingerprint density at radius 1 is 1.38 bits per heavy atom. The Kier molecular flexibility index (Phi) is 3.44. The van der Waals surface area contributed by atoms with Gasteiger partial charge in [-0.1, -0.05) is 6.07 Å². The fraction of sp³-hybridized carbons (Fsp3) is 0.125. The van der Waals surface area contributed by atoms with E-state index < -0.39 is 12.1 Å². The van der Waals surface area contributed by atoms with Crippen LogP contribution in [0.3, 0.4) is 0 Å². The largest absolute Gasteiger partial charge is 0.490 e. The maximum Gasteiger partial charge on any atom is 0.490 e. The highest BCUT2D eigenvalue weighted by atomic mass is 19.4. The second-order valence-electron chi connectivity index (χ2n) is 2.57. The number of hydrogen-bond acceptors (Lipinski definition) is 3. The summed E-state index contributed by atoms with van der Waals surface area (Å²) in [6.07, 6.45) is -1.68. The summed E-state index contributed by atoms with van der Waals surface area (Å²) in [6, 6.07) is 5.76. The van der Waals surface area contributed by atoms with E-state index in [9.17, 15) is 13.2 Å². The van der Waals surface area contributed by atoms with Crippen LogP contribution in [0.5, 0.6) is 0 Å². The van der Waals surface area contributed by atoms with Crippen LogP contribution in [0.1, 0.15) is 0 Å². The fourth-order valence-electron chi connectivity index (χ4n) is 0.766. The van der Waals surface area contributed by atoms with E-state index >= 15 is 0 Å². The summed E-state index contributed by atoms with van der Waals surface area (Å²) in [7, 11) is 0. The van der Waals surface area contributed by atoms with Crippen LogP contribution in [0, 0.1) is 0 Å². The van der Waals surface area contributed by atoms with Gasteiger partial charge in [0.25, 0.3) is 0 Å². The average Bonchev–Trinajstić information content (AvgIpc) is 2.64. The molecule has 0 radical (unpaired) electrons. The molecule has 0 amide bonds. The number of nitrogens with zero attached hydrogens (tertiary/aromatic N) is 3. The molecule has 2 aromatic heterocycles. The standard InChI is InChI=1S/C6H5N3.C2HF3O2/c1-2-4-9-6(3-1)7-5-8-9;3-2(4,5)1(6)7/h1-5H;(H,6,7). The minimum atomic E-state index is -5.08. The summed E-state index contributed by atoms with van der Waals surface area (Å²) >= 11 is 0. The van der Waals surface area contributed by atoms with Crippen LogP contribution in [-0.2, 0) is 4.79 Å². The van der Waals surface area contributed by atoms with E-state index in [1.807, 2.05) is 24.4 Å². The molecule has 5 nitrogen and oxygen atoms in total. The number of alkyl halides is 3. The van der Waals surface area contributed by atoms with Gasteiger partial charge in [-0.05, 0) is 12.1 Å². The summed E-state index contributed by atoms with van der Waals surface area (Å²) in [5, 5.41) is 11.0. The molecule has 1 N–H and O–H groups in total. The highest BCUT2D eigenvalue weighted by molar-refractivity contribution is 5.73. The van der Waals surface area contributed by atoms with Gasteiger partial charge in [0.2, 0.25) is 0 Å². The molecule has 0 aliphatic carbocycles. The van der Waals surface area contributed by atoms with Crippen molar-refractivity contribution < 1.29 is 23.1 Å². The van der Waals surface area contributed by atoms with Crippen molar-refractivity contribution in [2.75, 3.05) is 0 Å². The fourth-order valence-corrected chi connectivity index (χ4v) is 0.766. The van der Waals surface area contributed by atoms with Gasteiger partial charge in [-0.15, -0.1) is 0 Å². The zero-order valence-electron chi connectivity index (χ0n) is 7.72. The predicted molar refractivity (Wildman–Crippen MR) is 46.7 cm³/mol. The van der Waals surface area contributed by atoms with Crippen LogP contribution < -0.4 is 0 Å². The van der Waals surface area contributed by atoms with E-state index in [1.54, 1.807) is 4.52 Å². The Labute approximate surface area is 87.1 Å². The van der Waals surface area contributed by atoms with Gasteiger partial charge in [-0.3, -0.25) is 0 Å². The predicted octanol–water partition coefficient (Wildman–Crippen LogP) is 1.36. The van der Waals surface area contributed by atoms with Gasteiger partial charge in [0.1, 0.15) is 6.33 Å². The number of hydrogen-bond donors (Lipinski definition) is 1. The lowest BCUT2D eigenvalue weighted by Gasteiger charge is -1.93. The number of carboxylic acid groups (broad SMARTS) is 1. The lowest BCUT2D eigenvalue weighted by atomic mass is 10.5. The van der Waals surface area contributed by atoms with Crippen LogP contribution in [0.15, 0.2) is 30.7 Å². The van der Waals surface area contributed by atoms with Crippen LogP contribution in [-0.4, -0.2) is 31.9 Å². The van der Waals surface area contributed by atoms with Crippen molar-refractivity contribution in [3.8, 4) is 0 Å². The Bertz CT molecular complexity index is 450. The van der Waals surface area contributed by atoms with Crippen LogP contribution >= 0.6 is 0 Å². The van der Waals surface area contributed by atoms with Crippen molar-refractivity contribution in [1.82, 2.24) is 14.6 Å². The third-order valence-electron chi connectivity index (χ3n) is 1.43. The number of fused-ring (bicyclic) bond motifs is 1. The molecule has 0 aromatic carbocycles. The summed E-state index contributed by atoms with van der Waals surface area (Å²) in [5.41, 5.74) is 0.887. The summed E-state index contributed by atoms with van der Waals surface area (Å²) in [5.74, 6) is -2.76. The molecule has 8 heteroatoms. The molecular weight excluding hydrogens is 227 g/mol. The zero-order valence-corrected chi connectivity index (χ0v) is 7.72. The first-order valence-electron chi connectivity index (χ1n) is 3.96. The van der Waals surface area contributed by atoms with Crippen LogP contribution in [0.2, 0.25) is 0 Å². The number of carbonyl (C=O) groups is 1. The minimum Gasteiger partial charge on any atom is -0.475 e. The Hall–Kier alpha value is -2.12. The molecule has 86 valence electrons. The van der Waals surface area contributed by atoms with Gasteiger partial charge in [-0.2, -0.15) is 18.3 Å². The second-order valence-corrected chi connectivity index (χ2v) is 2.57. The maximum atomic E-state index is 10.6. The molecule has 0 aliphatic heterocycles. The number of rotatable bonds is 0. The molecular formula is C8H6F3N3O2. The molecule has 0 atom stereocenters. The van der Waals surface area contributed by atoms with Gasteiger partial charge in [0, 0.05) is 6.20 Å². The van der Waals surface area contributed by atoms with E-state index in [0.717, 1.165) is 5.65 Å². The third kappa shape index (κ3) is 3.23. The van der Waals surface area contributed by atoms with Crippen LogP contribution in [0.4, 0.5) is 13.2 Å². The molecule has 0 bridgehead atoms. The molecule has 16 heavy (non-hydrogen) atoms. The first kappa shape index (κ1) is 12.0. The van der Waals surface area contributed by atoms with Gasteiger partial charge in [0.05, 0.1) is 0 Å². The Morgan fingerprint density at radius 3 is 2.50 bits per heavy atom. The number of aromatic nitrogens is 3. The van der Waals surface area contributed by atoms with Crippen molar-refractivity contribution in [2.24, 2.45) is 0 Å². The second kappa shape index (κ2) is 4.60. The van der Waals surface area contributed by atoms with Gasteiger partial charge < -0.3 is 5.11 Å². The lowest BCUT2D eigenvalue weighted by Crippen LogP contribution is -2.21. The van der Waals surface area contributed by atoms with Gasteiger partial charge in [-0.25, -0.2) is 14.3 Å². The van der Waals surface area contributed by atoms with Crippen molar-refractivity contribution in [2.45, 2.75) is 6.18 Å². The first-order valence-corrected chi connectivity index (χ1v) is 3.96. The van der Waals surface area contributed by atoms with E-state index in [0.29, 0.717) is 0 Å². The van der Waals surface area contributed by atoms with Crippen molar-refractivity contribution in [1.29, 1.82) is 0 Å². The average molecular weight is 233 g/mol. The van der Waals surface area contributed by atoms with Crippen molar-refractivity contribution >= 4 is 11.6 Å². The molecule has 0 saturated heterocycles. The zero-order chi connectivity index (χ0) is 12.2. The molecule has 0 fully saturated rings. The quantitative estimate of drug-likeness (QED) is 0.746. The topological polar surface area (TPSA) is 67.5 Å². The van der Waals surface area contributed by atoms with E-state index in [-0.39, 0.29) is 0 Å². The first-order chi connectivity index (χ1) is 7.41. The molecule has 0 aliphatic rings. The molecule has 0 saturated carbocycles. The highest BCUT2D eigenvalue weighted by Gasteiger charge is 2.38. The Morgan fingerprint density at radius 2 is 2.00 bits per heavy atom. The van der Waals surface area contributed by atoms with E-state index in [1.165, 1.54) is 6.33 Å². The summed E-state index contributed by atoms with van der Waals surface area (Å²) in [4.78, 5) is 12.9. The molecule has 2 heterocycles.